The molecule has 0 fully saturated rings. The lowest BCUT2D eigenvalue weighted by Gasteiger charge is -2.20. The fourth-order valence-electron chi connectivity index (χ4n) is 3.02. The molecule has 0 bridgehead atoms. The Morgan fingerprint density at radius 3 is 2.65 bits per heavy atom. The summed E-state index contributed by atoms with van der Waals surface area (Å²) in [4.78, 5) is 25.4. The van der Waals surface area contributed by atoms with Crippen molar-refractivity contribution >= 4 is 40.0 Å². The van der Waals surface area contributed by atoms with Crippen LogP contribution in [0.15, 0.2) is 10.6 Å². The smallest absolute Gasteiger partial charge is 0.419 e. The van der Waals surface area contributed by atoms with Gasteiger partial charge in [0.05, 0.1) is 10.7 Å². The molecule has 0 amide bonds. The van der Waals surface area contributed by atoms with Crippen LogP contribution in [0.2, 0.25) is 0 Å². The largest absolute Gasteiger partial charge is 0.443 e. The van der Waals surface area contributed by atoms with E-state index >= 15 is 0 Å². The molecule has 122 valence electrons. The maximum Gasteiger partial charge on any atom is 0.419 e. The third-order valence-electron chi connectivity index (χ3n) is 4.05. The lowest BCUT2D eigenvalue weighted by atomic mass is 9.89. The summed E-state index contributed by atoms with van der Waals surface area (Å²) in [6, 6.07) is 0. The first-order valence-electron chi connectivity index (χ1n) is 7.77. The topological polar surface area (TPSA) is 48.3 Å². The molecular formula is C18H20BrNO3. The van der Waals surface area contributed by atoms with Crippen molar-refractivity contribution in [1.29, 1.82) is 0 Å². The van der Waals surface area contributed by atoms with Gasteiger partial charge in [0.2, 0.25) is 0 Å². The normalized spacial score (nSPS) is 20.0. The number of carbonyl (C=O) groups excluding carboxylic acids is 2. The maximum absolute atomic E-state index is 12.7. The van der Waals surface area contributed by atoms with Gasteiger partial charge < -0.3 is 4.74 Å². The summed E-state index contributed by atoms with van der Waals surface area (Å²) in [6.07, 6.45) is 6.60. The number of ether oxygens (including phenoxy) is 1. The number of rotatable bonds is 0. The van der Waals surface area contributed by atoms with Gasteiger partial charge in [0.25, 0.3) is 0 Å². The molecule has 1 unspecified atom stereocenters. The molecule has 0 N–H and O–H groups in total. The Kier molecular flexibility index (Phi) is 3.87. The average Bonchev–Trinajstić information content (AvgIpc) is 2.75. The number of carbonyl (C=O) groups is 2. The molecular weight excluding hydrogens is 358 g/mol. The Morgan fingerprint density at radius 1 is 1.30 bits per heavy atom. The van der Waals surface area contributed by atoms with Crippen LogP contribution < -0.4 is 10.7 Å². The van der Waals surface area contributed by atoms with Crippen molar-refractivity contribution in [3.05, 3.63) is 32.4 Å². The van der Waals surface area contributed by atoms with Crippen LogP contribution >= 0.6 is 15.9 Å². The summed E-state index contributed by atoms with van der Waals surface area (Å²) >= 11 is 3.50. The second-order valence-electron chi connectivity index (χ2n) is 7.10. The van der Waals surface area contributed by atoms with Gasteiger partial charge in [-0.15, -0.1) is 0 Å². The summed E-state index contributed by atoms with van der Waals surface area (Å²) in [5, 5.41) is 1.44. The van der Waals surface area contributed by atoms with E-state index < -0.39 is 11.7 Å². The van der Waals surface area contributed by atoms with E-state index in [2.05, 4.69) is 15.9 Å². The van der Waals surface area contributed by atoms with Crippen LogP contribution in [-0.4, -0.2) is 22.0 Å². The number of hydrogen-bond acceptors (Lipinski definition) is 3. The van der Waals surface area contributed by atoms with Gasteiger partial charge in [-0.2, -0.15) is 0 Å². The molecule has 1 aromatic rings. The highest BCUT2D eigenvalue weighted by Crippen LogP contribution is 2.23. The minimum atomic E-state index is -0.585. The van der Waals surface area contributed by atoms with Crippen LogP contribution in [0.1, 0.15) is 50.0 Å². The van der Waals surface area contributed by atoms with Crippen molar-refractivity contribution in [2.24, 2.45) is 5.92 Å². The second kappa shape index (κ2) is 5.48. The summed E-state index contributed by atoms with van der Waals surface area (Å²) in [5.74, 6) is 0.0578. The van der Waals surface area contributed by atoms with E-state index in [4.69, 9.17) is 4.74 Å². The van der Waals surface area contributed by atoms with Gasteiger partial charge in [0.15, 0.2) is 5.78 Å². The zero-order valence-corrected chi connectivity index (χ0v) is 15.4. The third-order valence-corrected chi connectivity index (χ3v) is 4.60. The molecule has 1 aromatic heterocycles. The van der Waals surface area contributed by atoms with Gasteiger partial charge in [0.1, 0.15) is 5.60 Å². The first-order valence-corrected chi connectivity index (χ1v) is 8.56. The van der Waals surface area contributed by atoms with Crippen LogP contribution in [0.3, 0.4) is 0 Å². The molecule has 4 nitrogen and oxygen atoms in total. The van der Waals surface area contributed by atoms with Crippen molar-refractivity contribution in [3.8, 4) is 0 Å². The molecule has 5 heteroatoms. The number of aromatic nitrogens is 1. The highest BCUT2D eigenvalue weighted by Gasteiger charge is 2.31. The summed E-state index contributed by atoms with van der Waals surface area (Å²) in [5.41, 5.74) is 0.997. The highest BCUT2D eigenvalue weighted by molar-refractivity contribution is 9.11. The molecule has 0 radical (unpaired) electrons. The second-order valence-corrected chi connectivity index (χ2v) is 8.12. The lowest BCUT2D eigenvalue weighted by Crippen LogP contribution is -2.40. The molecule has 0 aromatic carbocycles. The van der Waals surface area contributed by atoms with Crippen LogP contribution in [0.4, 0.5) is 4.79 Å². The molecule has 2 aliphatic rings. The number of fused-ring (bicyclic) bond motifs is 3. The minimum Gasteiger partial charge on any atom is -0.443 e. The summed E-state index contributed by atoms with van der Waals surface area (Å²) in [6.45, 7) is 7.44. The lowest BCUT2D eigenvalue weighted by molar-refractivity contribution is 0.0528. The molecule has 3 rings (SSSR count). The van der Waals surface area contributed by atoms with Crippen LogP contribution in [0.5, 0.6) is 0 Å². The van der Waals surface area contributed by atoms with Crippen LogP contribution in [0, 0.1) is 5.92 Å². The molecule has 1 heterocycles. The fraction of sp³-hybridized carbons (Fsp3) is 0.444. The molecule has 0 spiro atoms. The first kappa shape index (κ1) is 16.2. The average molecular weight is 378 g/mol. The van der Waals surface area contributed by atoms with Gasteiger partial charge in [-0.3, -0.25) is 4.79 Å². The SMILES string of the molecule is CC1CC=c2c(c3c(n2C(=O)OC(C)(C)C)=CC=C(Br)C3)C1=O. The molecule has 0 saturated heterocycles. The monoisotopic (exact) mass is 377 g/mol. The Morgan fingerprint density at radius 2 is 2.00 bits per heavy atom. The Hall–Kier alpha value is -1.62. The van der Waals surface area contributed by atoms with E-state index in [-0.39, 0.29) is 11.7 Å². The van der Waals surface area contributed by atoms with Gasteiger partial charge in [-0.05, 0) is 49.4 Å². The Labute approximate surface area is 143 Å². The van der Waals surface area contributed by atoms with E-state index in [1.54, 1.807) is 4.57 Å². The summed E-state index contributed by atoms with van der Waals surface area (Å²) < 4.78 is 8.09. The van der Waals surface area contributed by atoms with E-state index in [1.807, 2.05) is 45.9 Å². The molecule has 0 aliphatic heterocycles. The zero-order chi connectivity index (χ0) is 16.9. The van der Waals surface area contributed by atoms with Gasteiger partial charge in [-0.1, -0.05) is 28.9 Å². The van der Waals surface area contributed by atoms with Crippen LogP contribution in [-0.2, 0) is 11.2 Å². The predicted molar refractivity (Wildman–Crippen MR) is 93.1 cm³/mol. The number of hydrogen-bond donors (Lipinski definition) is 0. The van der Waals surface area contributed by atoms with Gasteiger partial charge >= 0.3 is 6.09 Å². The molecule has 0 saturated carbocycles. The van der Waals surface area contributed by atoms with Gasteiger partial charge in [0, 0.05) is 17.9 Å². The van der Waals surface area contributed by atoms with Crippen molar-refractivity contribution in [1.82, 2.24) is 4.57 Å². The summed E-state index contributed by atoms with van der Waals surface area (Å²) in [7, 11) is 0. The molecule has 1 atom stereocenters. The van der Waals surface area contributed by atoms with Crippen LogP contribution in [0.25, 0.3) is 12.2 Å². The Bertz CT molecular complexity index is 852. The quantitative estimate of drug-likeness (QED) is 0.698. The van der Waals surface area contributed by atoms with Crippen molar-refractivity contribution in [2.75, 3.05) is 0 Å². The molecule has 23 heavy (non-hydrogen) atoms. The molecule has 2 aliphatic carbocycles. The fourth-order valence-corrected chi connectivity index (χ4v) is 3.44. The van der Waals surface area contributed by atoms with E-state index in [1.165, 1.54) is 0 Å². The van der Waals surface area contributed by atoms with Crippen molar-refractivity contribution < 1.29 is 14.3 Å². The van der Waals surface area contributed by atoms with E-state index in [0.717, 1.165) is 15.4 Å². The van der Waals surface area contributed by atoms with Crippen molar-refractivity contribution in [3.63, 3.8) is 0 Å². The van der Waals surface area contributed by atoms with Crippen molar-refractivity contribution in [2.45, 2.75) is 46.1 Å². The number of nitrogens with zero attached hydrogens (tertiary/aromatic N) is 1. The predicted octanol–water partition coefficient (Wildman–Crippen LogP) is 2.89. The number of halogens is 1. The Balaban J connectivity index is 2.27. The number of ketones is 1. The van der Waals surface area contributed by atoms with Gasteiger partial charge in [-0.25, -0.2) is 9.36 Å². The third kappa shape index (κ3) is 2.82. The first-order chi connectivity index (χ1) is 10.7. The highest BCUT2D eigenvalue weighted by atomic mass is 79.9. The number of Topliss-reactive ketones (excluding diaryl/α,β-unsaturated/α-hetero) is 1. The number of allylic oxidation sites excluding steroid dienone is 2. The van der Waals surface area contributed by atoms with E-state index in [9.17, 15) is 9.59 Å². The van der Waals surface area contributed by atoms with E-state index in [0.29, 0.717) is 23.8 Å². The zero-order valence-electron chi connectivity index (χ0n) is 13.8. The standard InChI is InChI=1S/C18H20BrNO3/c1-10-5-7-14-15(16(10)21)12-9-11(19)6-8-13(12)20(14)17(22)23-18(2,3)4/h6-8,10H,5,9H2,1-4H3. The minimum absolute atomic E-state index is 0.0502. The maximum atomic E-state index is 12.7.